The number of ether oxygens (including phenoxy) is 2. The molecule has 6 rings (SSSR count). The van der Waals surface area contributed by atoms with Crippen molar-refractivity contribution in [3.05, 3.63) is 182 Å². The summed E-state index contributed by atoms with van der Waals surface area (Å²) < 4.78 is 11.6. The van der Waals surface area contributed by atoms with Gasteiger partial charge in [0, 0.05) is 0 Å². The zero-order chi connectivity index (χ0) is 45.5. The first-order chi connectivity index (χ1) is 30.9. The Hall–Kier alpha value is -4.67. The second-order valence-electron chi connectivity index (χ2n) is 15.4. The molecule has 6 aromatic carbocycles. The molecular formula is C50H53Br2N3O6P2S. The zero-order valence-corrected chi connectivity index (χ0v) is 41.1. The van der Waals surface area contributed by atoms with Crippen LogP contribution in [0.15, 0.2) is 182 Å². The van der Waals surface area contributed by atoms with E-state index in [0.717, 1.165) is 31.8 Å². The van der Waals surface area contributed by atoms with Crippen LogP contribution in [0.1, 0.15) is 12.8 Å². The summed E-state index contributed by atoms with van der Waals surface area (Å²) in [4.78, 5) is 52.5. The summed E-state index contributed by atoms with van der Waals surface area (Å²) in [5, 5.41) is 5.07. The molecule has 0 fully saturated rings. The summed E-state index contributed by atoms with van der Waals surface area (Å²) in [5.74, 6) is -2.41. The van der Waals surface area contributed by atoms with E-state index in [1.54, 1.807) is 0 Å². The maximum absolute atomic E-state index is 13.3. The minimum atomic E-state index is -3.33. The molecule has 0 aromatic heterocycles. The summed E-state index contributed by atoms with van der Waals surface area (Å²) in [6.45, 7) is -0.275. The number of amides is 2. The normalized spacial score (nSPS) is 13.7. The van der Waals surface area contributed by atoms with Crippen LogP contribution >= 0.6 is 54.2 Å². The predicted molar refractivity (Wildman–Crippen MR) is 276 cm³/mol. The van der Waals surface area contributed by atoms with Gasteiger partial charge in [0.15, 0.2) is 0 Å². The van der Waals surface area contributed by atoms with Crippen molar-refractivity contribution in [2.45, 2.75) is 24.9 Å². The molecule has 2 unspecified atom stereocenters. The van der Waals surface area contributed by atoms with E-state index in [-0.39, 0.29) is 31.8 Å². The molecule has 2 atom stereocenters. The number of nitrogens with one attached hydrogen (secondary N) is 2. The van der Waals surface area contributed by atoms with Gasteiger partial charge >= 0.3 is 400 Å². The summed E-state index contributed by atoms with van der Waals surface area (Å²) in [7, 11) is 0. The van der Waals surface area contributed by atoms with Crippen molar-refractivity contribution in [2.75, 3.05) is 37.8 Å². The second kappa shape index (κ2) is 22.0. The third-order valence-corrected chi connectivity index (χ3v) is 31.7. The van der Waals surface area contributed by atoms with Crippen LogP contribution < -0.4 is 48.2 Å². The summed E-state index contributed by atoms with van der Waals surface area (Å²) in [6.07, 6.45) is 0.764. The van der Waals surface area contributed by atoms with E-state index in [1.165, 1.54) is 0 Å². The number of hydrogen-bond acceptors (Lipinski definition) is 8. The van der Waals surface area contributed by atoms with E-state index in [0.29, 0.717) is 12.3 Å². The third-order valence-electron chi connectivity index (χ3n) is 11.5. The molecule has 9 nitrogen and oxygen atoms in total. The van der Waals surface area contributed by atoms with Gasteiger partial charge in [0.1, 0.15) is 0 Å². The van der Waals surface area contributed by atoms with Gasteiger partial charge in [-0.25, -0.2) is 0 Å². The van der Waals surface area contributed by atoms with Gasteiger partial charge in [-0.1, -0.05) is 0 Å². The molecule has 334 valence electrons. The average Bonchev–Trinajstić information content (AvgIpc) is 3.35. The number of benzene rings is 6. The first-order valence-electron chi connectivity index (χ1n) is 21.0. The number of carbonyl (C=O) groups excluding carboxylic acids is 4. The summed E-state index contributed by atoms with van der Waals surface area (Å²) >= 11 is 13.0. The predicted octanol–water partition coefficient (Wildman–Crippen LogP) is 6.39. The fourth-order valence-corrected chi connectivity index (χ4v) is 22.4. The van der Waals surface area contributed by atoms with Crippen molar-refractivity contribution in [1.29, 1.82) is 0 Å². The summed E-state index contributed by atoms with van der Waals surface area (Å²) in [6, 6.07) is 58.9. The van der Waals surface area contributed by atoms with Gasteiger partial charge < -0.3 is 0 Å². The molecule has 0 spiro atoms. The molecule has 0 heterocycles. The van der Waals surface area contributed by atoms with E-state index < -0.39 is 53.0 Å². The van der Waals surface area contributed by atoms with Crippen LogP contribution in [-0.4, -0.2) is 73.7 Å². The Kier molecular flexibility index (Phi) is 16.8. The van der Waals surface area contributed by atoms with E-state index in [9.17, 15) is 19.2 Å². The minimum absolute atomic E-state index is 0.0144. The molecule has 0 saturated heterocycles. The van der Waals surface area contributed by atoms with Crippen LogP contribution in [0.2, 0.25) is 0 Å². The van der Waals surface area contributed by atoms with Crippen molar-refractivity contribution >= 4 is 110 Å². The molecule has 2 amide bonds. The maximum atomic E-state index is 13.3. The molecule has 0 aliphatic heterocycles. The van der Waals surface area contributed by atoms with Gasteiger partial charge in [-0.05, 0) is 0 Å². The Morgan fingerprint density at radius 1 is 0.547 bits per heavy atom. The molecular weight excluding hydrogens is 992 g/mol. The van der Waals surface area contributed by atoms with Gasteiger partial charge in [0.2, 0.25) is 0 Å². The van der Waals surface area contributed by atoms with Crippen molar-refractivity contribution in [1.82, 2.24) is 10.6 Å². The van der Waals surface area contributed by atoms with Gasteiger partial charge in [-0.2, -0.15) is 0 Å². The summed E-state index contributed by atoms with van der Waals surface area (Å²) in [5.41, 5.74) is 6.26. The average molecular weight is 1050 g/mol. The van der Waals surface area contributed by atoms with Crippen LogP contribution in [0.3, 0.4) is 0 Å². The molecule has 0 saturated carbocycles. The number of rotatable bonds is 21. The number of esters is 2. The zero-order valence-electron chi connectivity index (χ0n) is 35.3. The van der Waals surface area contributed by atoms with Crippen molar-refractivity contribution in [3.63, 3.8) is 0 Å². The molecule has 0 bridgehead atoms. The topological polar surface area (TPSA) is 137 Å². The van der Waals surface area contributed by atoms with Crippen LogP contribution in [0.4, 0.5) is 0 Å². The fourth-order valence-electron chi connectivity index (χ4n) is 8.06. The van der Waals surface area contributed by atoms with E-state index >= 15 is 0 Å². The van der Waals surface area contributed by atoms with E-state index in [1.807, 2.05) is 109 Å². The molecule has 14 heteroatoms. The molecule has 0 aliphatic rings. The molecule has 6 aromatic rings. The number of hydrogen-bond donors (Lipinski definition) is 4. The second-order valence-corrected chi connectivity index (χ2v) is 33.9. The molecule has 4 N–H and O–H groups in total. The third kappa shape index (κ3) is 10.5. The standard InChI is InChI=1S/C50H53Br2N3O6P2S/c51-62(39-19-7-1-8-20-39,40-21-9-2-10-22-40,41-23-11-3-12-24-41)35-33-60-48(57)37-54-49(58)46(38-64)55-47(56)32-31-45(53)50(59)61-34-36-63(52,42-25-13-4-14-26-42,43-27-15-5-16-28-43)44-29-17-6-18-30-44/h1-30,45-46,64H,31-38,53H2,(H,54,58)(H,55,56). The molecule has 0 radical (unpaired) electrons. The molecule has 64 heavy (non-hydrogen) atoms. The number of carbonyl (C=O) groups is 4. The van der Waals surface area contributed by atoms with Gasteiger partial charge in [0.05, 0.1) is 0 Å². The van der Waals surface area contributed by atoms with Crippen LogP contribution in [0, 0.1) is 0 Å². The Morgan fingerprint density at radius 2 is 0.875 bits per heavy atom. The SMILES string of the molecule is NC(CCC(=O)NC(CS)C(=O)NCC(=O)OCCP(Br)(c1ccccc1)(c1ccccc1)c1ccccc1)C(=O)OCCP(Br)(c1ccccc1)(c1ccccc1)c1ccccc1. The Labute approximate surface area is 397 Å². The Morgan fingerprint density at radius 3 is 1.20 bits per heavy atom. The van der Waals surface area contributed by atoms with Crippen molar-refractivity contribution < 1.29 is 28.7 Å². The quantitative estimate of drug-likeness (QED) is 0.0373. The first kappa shape index (κ1) is 48.8. The number of thiol groups is 1. The van der Waals surface area contributed by atoms with Gasteiger partial charge in [-0.15, -0.1) is 0 Å². The first-order valence-corrected chi connectivity index (χ1v) is 30.5. The van der Waals surface area contributed by atoms with Crippen molar-refractivity contribution in [3.8, 4) is 0 Å². The van der Waals surface area contributed by atoms with Gasteiger partial charge in [-0.3, -0.25) is 0 Å². The number of halogens is 2. The monoisotopic (exact) mass is 1040 g/mol. The van der Waals surface area contributed by atoms with E-state index in [2.05, 4.69) is 127 Å². The van der Waals surface area contributed by atoms with Crippen LogP contribution in [-0.2, 0) is 28.7 Å². The fraction of sp³-hybridized carbons (Fsp3) is 0.200. The number of nitrogens with two attached hydrogens (primary N) is 1. The van der Waals surface area contributed by atoms with Crippen LogP contribution in [0.5, 0.6) is 0 Å². The Balaban J connectivity index is 1.01. The van der Waals surface area contributed by atoms with Gasteiger partial charge in [0.25, 0.3) is 0 Å². The van der Waals surface area contributed by atoms with Crippen molar-refractivity contribution in [2.24, 2.45) is 5.73 Å². The molecule has 0 aliphatic carbocycles. The van der Waals surface area contributed by atoms with Crippen LogP contribution in [0.25, 0.3) is 0 Å². The Bertz CT molecular complexity index is 2280. The van der Waals surface area contributed by atoms with E-state index in [4.69, 9.17) is 15.2 Å².